The molecule has 3 heteroatoms. The molecule has 1 unspecified atom stereocenters. The van der Waals surface area contributed by atoms with E-state index in [9.17, 15) is 0 Å². The summed E-state index contributed by atoms with van der Waals surface area (Å²) >= 11 is 1.83. The molecular formula is C14H18N2S. The Morgan fingerprint density at radius 1 is 1.35 bits per heavy atom. The Kier molecular flexibility index (Phi) is 4.71. The molecule has 0 fully saturated rings. The summed E-state index contributed by atoms with van der Waals surface area (Å²) in [4.78, 5) is 5.56. The van der Waals surface area contributed by atoms with Crippen molar-refractivity contribution >= 4 is 11.3 Å². The predicted octanol–water partition coefficient (Wildman–Crippen LogP) is 3.43. The van der Waals surface area contributed by atoms with Gasteiger partial charge in [-0.3, -0.25) is 4.98 Å². The van der Waals surface area contributed by atoms with Crippen molar-refractivity contribution in [1.29, 1.82) is 0 Å². The van der Waals surface area contributed by atoms with Gasteiger partial charge in [-0.1, -0.05) is 19.1 Å². The first-order valence-corrected chi connectivity index (χ1v) is 6.94. The smallest absolute Gasteiger partial charge is 0.0412 e. The van der Waals surface area contributed by atoms with E-state index >= 15 is 0 Å². The summed E-state index contributed by atoms with van der Waals surface area (Å²) in [5.41, 5.74) is 1.29. The third kappa shape index (κ3) is 3.65. The zero-order valence-corrected chi connectivity index (χ0v) is 10.9. The molecule has 0 aliphatic heterocycles. The number of hydrogen-bond acceptors (Lipinski definition) is 3. The van der Waals surface area contributed by atoms with Gasteiger partial charge in [-0.15, -0.1) is 11.3 Å². The Hall–Kier alpha value is -1.19. The zero-order chi connectivity index (χ0) is 11.9. The second-order valence-corrected chi connectivity index (χ2v) is 5.02. The van der Waals surface area contributed by atoms with Crippen LogP contribution in [0.2, 0.25) is 0 Å². The van der Waals surface area contributed by atoms with Gasteiger partial charge in [-0.05, 0) is 42.5 Å². The van der Waals surface area contributed by atoms with Crippen LogP contribution in [0, 0.1) is 0 Å². The lowest BCUT2D eigenvalue weighted by Crippen LogP contribution is -2.22. The summed E-state index contributed by atoms with van der Waals surface area (Å²) in [5.74, 6) is 0. The molecule has 0 aromatic carbocycles. The molecular weight excluding hydrogens is 228 g/mol. The fourth-order valence-electron chi connectivity index (χ4n) is 1.87. The molecule has 0 spiro atoms. The van der Waals surface area contributed by atoms with Crippen LogP contribution in [0.25, 0.3) is 0 Å². The first-order chi connectivity index (χ1) is 8.40. The molecule has 0 saturated carbocycles. The molecule has 0 amide bonds. The third-order valence-electron chi connectivity index (χ3n) is 2.82. The second kappa shape index (κ2) is 6.52. The van der Waals surface area contributed by atoms with Crippen molar-refractivity contribution in [3.8, 4) is 0 Å². The average molecular weight is 246 g/mol. The maximum atomic E-state index is 4.13. The van der Waals surface area contributed by atoms with Crippen molar-refractivity contribution in [2.24, 2.45) is 0 Å². The van der Waals surface area contributed by atoms with E-state index in [-0.39, 0.29) is 0 Å². The lowest BCUT2D eigenvalue weighted by Gasteiger charge is -2.15. The van der Waals surface area contributed by atoms with Crippen LogP contribution in [0.15, 0.2) is 42.0 Å². The van der Waals surface area contributed by atoms with Crippen molar-refractivity contribution in [2.45, 2.75) is 25.8 Å². The normalized spacial score (nSPS) is 12.5. The first-order valence-electron chi connectivity index (χ1n) is 6.06. The van der Waals surface area contributed by atoms with Crippen LogP contribution in [-0.2, 0) is 6.42 Å². The molecule has 0 aliphatic carbocycles. The van der Waals surface area contributed by atoms with Crippen molar-refractivity contribution in [2.75, 3.05) is 6.54 Å². The molecule has 0 aliphatic rings. The lowest BCUT2D eigenvalue weighted by atomic mass is 10.1. The Morgan fingerprint density at radius 3 is 2.94 bits per heavy atom. The second-order valence-electron chi connectivity index (χ2n) is 4.04. The van der Waals surface area contributed by atoms with Gasteiger partial charge in [0.2, 0.25) is 0 Å². The minimum atomic E-state index is 0.492. The third-order valence-corrected chi connectivity index (χ3v) is 3.81. The quantitative estimate of drug-likeness (QED) is 0.844. The molecule has 0 saturated heterocycles. The van der Waals surface area contributed by atoms with Crippen LogP contribution in [0.4, 0.5) is 0 Å². The molecule has 0 bridgehead atoms. The molecule has 2 heterocycles. The summed E-state index contributed by atoms with van der Waals surface area (Å²) in [6, 6.07) is 8.93. The number of aromatic nitrogens is 1. The Morgan fingerprint density at radius 2 is 2.29 bits per heavy atom. The number of thiophene rings is 1. The van der Waals surface area contributed by atoms with Gasteiger partial charge in [0.15, 0.2) is 0 Å². The van der Waals surface area contributed by atoms with Crippen LogP contribution in [0.3, 0.4) is 0 Å². The Bertz CT molecular complexity index is 411. The van der Waals surface area contributed by atoms with Gasteiger partial charge in [-0.25, -0.2) is 0 Å². The highest BCUT2D eigenvalue weighted by Crippen LogP contribution is 2.21. The topological polar surface area (TPSA) is 24.9 Å². The van der Waals surface area contributed by atoms with Crippen LogP contribution in [0.1, 0.15) is 29.8 Å². The van der Waals surface area contributed by atoms with Gasteiger partial charge in [0.1, 0.15) is 0 Å². The maximum Gasteiger partial charge on any atom is 0.0412 e. The van der Waals surface area contributed by atoms with Crippen molar-refractivity contribution < 1.29 is 0 Å². The van der Waals surface area contributed by atoms with Gasteiger partial charge in [0.05, 0.1) is 0 Å². The van der Waals surface area contributed by atoms with E-state index in [0.29, 0.717) is 6.04 Å². The maximum absolute atomic E-state index is 4.13. The summed E-state index contributed by atoms with van der Waals surface area (Å²) in [6.45, 7) is 3.23. The van der Waals surface area contributed by atoms with Gasteiger partial charge in [0.25, 0.3) is 0 Å². The van der Waals surface area contributed by atoms with E-state index in [1.165, 1.54) is 10.4 Å². The molecule has 2 rings (SSSR count). The Balaban J connectivity index is 1.81. The first kappa shape index (κ1) is 12.3. The Labute approximate surface area is 107 Å². The van der Waals surface area contributed by atoms with Crippen molar-refractivity contribution in [3.63, 3.8) is 0 Å². The molecule has 90 valence electrons. The predicted molar refractivity (Wildman–Crippen MR) is 73.3 cm³/mol. The largest absolute Gasteiger partial charge is 0.309 e. The number of rotatable bonds is 6. The fraction of sp³-hybridized carbons (Fsp3) is 0.357. The molecule has 0 radical (unpaired) electrons. The molecule has 1 N–H and O–H groups in total. The lowest BCUT2D eigenvalue weighted by molar-refractivity contribution is 0.530. The minimum absolute atomic E-state index is 0.492. The molecule has 17 heavy (non-hydrogen) atoms. The number of pyridine rings is 1. The molecule has 2 nitrogen and oxygen atoms in total. The SMILES string of the molecule is CCC(NCCc1cccnc1)c1cccs1. The van der Waals surface area contributed by atoms with Crippen LogP contribution in [0.5, 0.6) is 0 Å². The molecule has 1 atom stereocenters. The van der Waals surface area contributed by atoms with E-state index in [2.05, 4.69) is 40.8 Å². The number of nitrogens with one attached hydrogen (secondary N) is 1. The average Bonchev–Trinajstić information content (AvgIpc) is 2.90. The van der Waals surface area contributed by atoms with E-state index in [1.54, 1.807) is 0 Å². The number of nitrogens with zero attached hydrogens (tertiary/aromatic N) is 1. The van der Waals surface area contributed by atoms with Crippen LogP contribution < -0.4 is 5.32 Å². The van der Waals surface area contributed by atoms with Gasteiger partial charge in [0, 0.05) is 23.3 Å². The van der Waals surface area contributed by atoms with Gasteiger partial charge >= 0.3 is 0 Å². The summed E-state index contributed by atoms with van der Waals surface area (Å²) < 4.78 is 0. The monoisotopic (exact) mass is 246 g/mol. The highest BCUT2D eigenvalue weighted by atomic mass is 32.1. The highest BCUT2D eigenvalue weighted by Gasteiger charge is 2.08. The van der Waals surface area contributed by atoms with E-state index in [1.807, 2.05) is 29.8 Å². The summed E-state index contributed by atoms with van der Waals surface area (Å²) in [7, 11) is 0. The standard InChI is InChI=1S/C14H18N2S/c1-2-13(14-6-4-10-17-14)16-9-7-12-5-3-8-15-11-12/h3-6,8,10-11,13,16H,2,7,9H2,1H3. The van der Waals surface area contributed by atoms with Crippen LogP contribution >= 0.6 is 11.3 Å². The molecule has 2 aromatic heterocycles. The van der Waals surface area contributed by atoms with Gasteiger partial charge < -0.3 is 5.32 Å². The number of hydrogen-bond donors (Lipinski definition) is 1. The van der Waals surface area contributed by atoms with E-state index in [0.717, 1.165) is 19.4 Å². The minimum Gasteiger partial charge on any atom is -0.309 e. The van der Waals surface area contributed by atoms with E-state index < -0.39 is 0 Å². The fourth-order valence-corrected chi connectivity index (χ4v) is 2.76. The molecule has 2 aromatic rings. The van der Waals surface area contributed by atoms with Crippen molar-refractivity contribution in [1.82, 2.24) is 10.3 Å². The van der Waals surface area contributed by atoms with Crippen LogP contribution in [-0.4, -0.2) is 11.5 Å². The highest BCUT2D eigenvalue weighted by molar-refractivity contribution is 7.10. The summed E-state index contributed by atoms with van der Waals surface area (Å²) in [6.07, 6.45) is 5.93. The summed E-state index contributed by atoms with van der Waals surface area (Å²) in [5, 5.41) is 5.74. The van der Waals surface area contributed by atoms with E-state index in [4.69, 9.17) is 0 Å². The van der Waals surface area contributed by atoms with Gasteiger partial charge in [-0.2, -0.15) is 0 Å². The zero-order valence-electron chi connectivity index (χ0n) is 10.1. The van der Waals surface area contributed by atoms with Crippen molar-refractivity contribution in [3.05, 3.63) is 52.5 Å².